The van der Waals surface area contributed by atoms with Gasteiger partial charge in [-0.05, 0) is 12.1 Å². The molecule has 0 saturated heterocycles. The van der Waals surface area contributed by atoms with Crippen LogP contribution in [0.25, 0.3) is 0 Å². The second-order valence-electron chi connectivity index (χ2n) is 2.75. The Balaban J connectivity index is 0.00000289. The van der Waals surface area contributed by atoms with Crippen LogP contribution in [0.5, 0.6) is 5.75 Å². The summed E-state index contributed by atoms with van der Waals surface area (Å²) in [5.41, 5.74) is -5.57. The number of carbonyl (C=O) groups excluding carboxylic acids is 1. The zero-order valence-electron chi connectivity index (χ0n) is 8.06. The van der Waals surface area contributed by atoms with Gasteiger partial charge in [0.15, 0.2) is 0 Å². The summed E-state index contributed by atoms with van der Waals surface area (Å²) in [4.78, 5) is 10.9. The summed E-state index contributed by atoms with van der Waals surface area (Å²) >= 11 is 0. The Morgan fingerprint density at radius 3 is 2.11 bits per heavy atom. The van der Waals surface area contributed by atoms with Crippen molar-refractivity contribution < 1.29 is 31.1 Å². The number of ether oxygens (including phenoxy) is 1. The number of para-hydroxylation sites is 1. The van der Waals surface area contributed by atoms with Crippen LogP contribution in [0.15, 0.2) is 30.3 Å². The fourth-order valence-electron chi connectivity index (χ4n) is 0.784. The van der Waals surface area contributed by atoms with Crippen molar-refractivity contribution in [2.75, 3.05) is 0 Å². The number of amides is 1. The van der Waals surface area contributed by atoms with Crippen LogP contribution >= 0.6 is 0 Å². The molecule has 0 aromatic heterocycles. The summed E-state index contributed by atoms with van der Waals surface area (Å²) < 4.78 is 61.7. The molecule has 5 nitrogen and oxygen atoms in total. The quantitative estimate of drug-likeness (QED) is 0.818. The number of alkyl halides is 3. The molecule has 0 aliphatic rings. The van der Waals surface area contributed by atoms with Crippen molar-refractivity contribution in [3.05, 3.63) is 30.3 Å². The van der Waals surface area contributed by atoms with Crippen LogP contribution in [0, 0.1) is 0 Å². The number of carbonyl (C=O) groups is 1. The van der Waals surface area contributed by atoms with E-state index >= 15 is 0 Å². The summed E-state index contributed by atoms with van der Waals surface area (Å²) in [5, 5.41) is 0. The molecule has 96 valence electrons. The molecule has 0 aliphatic heterocycles. The minimum absolute atomic E-state index is 0. The van der Waals surface area contributed by atoms with E-state index in [1.54, 1.807) is 6.07 Å². The third-order valence-electron chi connectivity index (χ3n) is 1.48. The van der Waals surface area contributed by atoms with Gasteiger partial charge in [-0.3, -0.25) is 0 Å². The van der Waals surface area contributed by atoms with Crippen molar-refractivity contribution in [1.82, 2.24) is 4.72 Å². The van der Waals surface area contributed by atoms with Crippen LogP contribution in [-0.4, -0.2) is 38.9 Å². The average molecular weight is 277 g/mol. The van der Waals surface area contributed by atoms with Crippen LogP contribution in [-0.2, 0) is 10.0 Å². The molecular formula is C8H7F3LiNO4S. The summed E-state index contributed by atoms with van der Waals surface area (Å²) in [6.45, 7) is 0. The van der Waals surface area contributed by atoms with E-state index in [1.807, 2.05) is 0 Å². The maximum absolute atomic E-state index is 11.9. The van der Waals surface area contributed by atoms with E-state index in [9.17, 15) is 26.4 Å². The van der Waals surface area contributed by atoms with Crippen molar-refractivity contribution in [3.63, 3.8) is 0 Å². The number of benzene rings is 1. The van der Waals surface area contributed by atoms with Gasteiger partial charge in [-0.25, -0.2) is 9.52 Å². The van der Waals surface area contributed by atoms with Crippen molar-refractivity contribution in [1.29, 1.82) is 0 Å². The molecule has 18 heavy (non-hydrogen) atoms. The number of rotatable bonds is 2. The Morgan fingerprint density at radius 2 is 1.67 bits per heavy atom. The second-order valence-corrected chi connectivity index (χ2v) is 4.43. The Bertz CT molecular complexity index is 503. The Kier molecular flexibility index (Phi) is 5.73. The van der Waals surface area contributed by atoms with Gasteiger partial charge in [-0.2, -0.15) is 21.6 Å². The summed E-state index contributed by atoms with van der Waals surface area (Å²) in [5.74, 6) is -0.0811. The molecule has 10 heteroatoms. The number of hydrogen-bond donors (Lipinski definition) is 1. The molecule has 0 radical (unpaired) electrons. The van der Waals surface area contributed by atoms with E-state index in [0.29, 0.717) is 0 Å². The fraction of sp³-hybridized carbons (Fsp3) is 0.125. The molecule has 0 saturated carbocycles. The number of sulfonamides is 1. The molecule has 1 aromatic carbocycles. The van der Waals surface area contributed by atoms with Crippen molar-refractivity contribution in [3.8, 4) is 5.75 Å². The third-order valence-corrected chi connectivity index (χ3v) is 2.52. The normalized spacial score (nSPS) is 11.3. The SMILES string of the molecule is O=C(NS(=O)(=O)C(F)(F)F)Oc1ccccc1.[LiH]. The minimum atomic E-state index is -5.74. The zero-order chi connectivity index (χ0) is 13.1. The first-order valence-corrected chi connectivity index (χ1v) is 5.56. The maximum atomic E-state index is 11.9. The first kappa shape index (κ1) is 16.8. The Labute approximate surface area is 113 Å². The van der Waals surface area contributed by atoms with Crippen LogP contribution in [0.2, 0.25) is 0 Å². The molecule has 0 unspecified atom stereocenters. The zero-order valence-corrected chi connectivity index (χ0v) is 8.88. The first-order chi connectivity index (χ1) is 7.72. The molecule has 0 fully saturated rings. The van der Waals surface area contributed by atoms with Gasteiger partial charge in [-0.15, -0.1) is 0 Å². The summed E-state index contributed by atoms with van der Waals surface area (Å²) in [6, 6.07) is 7.05. The molecule has 0 heterocycles. The van der Waals surface area contributed by atoms with Crippen LogP contribution in [0.4, 0.5) is 18.0 Å². The fourth-order valence-corrected chi connectivity index (χ4v) is 1.16. The van der Waals surface area contributed by atoms with Crippen molar-refractivity contribution >= 4 is 35.0 Å². The van der Waals surface area contributed by atoms with Gasteiger partial charge in [0.25, 0.3) is 0 Å². The predicted molar refractivity (Wildman–Crippen MR) is 57.7 cm³/mol. The summed E-state index contributed by atoms with van der Waals surface area (Å²) in [7, 11) is -5.74. The van der Waals surface area contributed by atoms with Crippen LogP contribution in [0.3, 0.4) is 0 Å². The van der Waals surface area contributed by atoms with E-state index in [4.69, 9.17) is 0 Å². The molecule has 0 spiro atoms. The topological polar surface area (TPSA) is 72.5 Å². The van der Waals surface area contributed by atoms with Crippen LogP contribution < -0.4 is 9.46 Å². The number of hydrogen-bond acceptors (Lipinski definition) is 4. The Hall–Kier alpha value is -1.17. The average Bonchev–Trinajstić information content (AvgIpc) is 2.16. The van der Waals surface area contributed by atoms with Gasteiger partial charge in [0.1, 0.15) is 5.75 Å². The van der Waals surface area contributed by atoms with Gasteiger partial charge < -0.3 is 4.74 Å². The first-order valence-electron chi connectivity index (χ1n) is 4.08. The van der Waals surface area contributed by atoms with Crippen LogP contribution in [0.1, 0.15) is 0 Å². The number of halogens is 3. The van der Waals surface area contributed by atoms with Gasteiger partial charge in [-0.1, -0.05) is 18.2 Å². The van der Waals surface area contributed by atoms with Gasteiger partial charge in [0, 0.05) is 0 Å². The van der Waals surface area contributed by atoms with Gasteiger partial charge in [0.05, 0.1) is 0 Å². The van der Waals surface area contributed by atoms with E-state index in [1.165, 1.54) is 24.3 Å². The second kappa shape index (κ2) is 6.13. The third kappa shape index (κ3) is 4.60. The van der Waals surface area contributed by atoms with E-state index in [0.717, 1.165) is 4.72 Å². The van der Waals surface area contributed by atoms with Crippen molar-refractivity contribution in [2.24, 2.45) is 0 Å². The monoisotopic (exact) mass is 277 g/mol. The molecule has 0 atom stereocenters. The molecule has 1 amide bonds. The number of nitrogens with one attached hydrogen (secondary N) is 1. The summed E-state index contributed by atoms with van der Waals surface area (Å²) in [6.07, 6.45) is -1.73. The van der Waals surface area contributed by atoms with E-state index in [2.05, 4.69) is 4.74 Å². The van der Waals surface area contributed by atoms with E-state index < -0.39 is 21.6 Å². The van der Waals surface area contributed by atoms with Gasteiger partial charge >= 0.3 is 40.5 Å². The van der Waals surface area contributed by atoms with Gasteiger partial charge in [0.2, 0.25) is 0 Å². The molecule has 1 N–H and O–H groups in total. The molecular weight excluding hydrogens is 270 g/mol. The molecule has 1 rings (SSSR count). The molecule has 0 aliphatic carbocycles. The predicted octanol–water partition coefficient (Wildman–Crippen LogP) is 0.976. The standard InChI is InChI=1S/C8H6F3NO4S.Li.H/c9-8(10,11)17(14,15)12-7(13)16-6-4-2-1-3-5-6;;/h1-5H,(H,12,13);;. The molecule has 0 bridgehead atoms. The van der Waals surface area contributed by atoms with Crippen molar-refractivity contribution in [2.45, 2.75) is 5.51 Å². The Morgan fingerprint density at radius 1 is 1.17 bits per heavy atom. The van der Waals surface area contributed by atoms with E-state index in [-0.39, 0.29) is 24.6 Å². The molecule has 1 aromatic rings.